The number of hydrogen-bond donors (Lipinski definition) is 2. The van der Waals surface area contributed by atoms with Gasteiger partial charge in [0.15, 0.2) is 0 Å². The van der Waals surface area contributed by atoms with Crippen molar-refractivity contribution in [2.45, 2.75) is 26.6 Å². The Balaban J connectivity index is 2.59. The van der Waals surface area contributed by atoms with Crippen molar-refractivity contribution < 1.29 is 19.7 Å². The van der Waals surface area contributed by atoms with Crippen LogP contribution in [0.15, 0.2) is 24.3 Å². The van der Waals surface area contributed by atoms with Crippen molar-refractivity contribution in [3.63, 3.8) is 0 Å². The topological polar surface area (TPSA) is 58.9 Å². The fourth-order valence-corrected chi connectivity index (χ4v) is 2.01. The number of ether oxygens (including phenoxy) is 2. The molecule has 0 heterocycles. The summed E-state index contributed by atoms with van der Waals surface area (Å²) >= 11 is 0. The minimum atomic E-state index is -0.155. The molecule has 108 valence electrons. The van der Waals surface area contributed by atoms with Crippen molar-refractivity contribution in [3.05, 3.63) is 29.8 Å². The molecular formula is C15H24O4. The van der Waals surface area contributed by atoms with Crippen LogP contribution in [0.25, 0.3) is 0 Å². The van der Waals surface area contributed by atoms with Crippen molar-refractivity contribution in [1.29, 1.82) is 0 Å². The van der Waals surface area contributed by atoms with Crippen LogP contribution in [-0.2, 0) is 11.3 Å². The first-order valence-electron chi connectivity index (χ1n) is 6.58. The Morgan fingerprint density at radius 3 is 1.95 bits per heavy atom. The lowest BCUT2D eigenvalue weighted by Gasteiger charge is -2.27. The summed E-state index contributed by atoms with van der Waals surface area (Å²) < 4.78 is 10.9. The predicted octanol–water partition coefficient (Wildman–Crippen LogP) is 1.84. The second kappa shape index (κ2) is 8.15. The molecule has 0 fully saturated rings. The lowest BCUT2D eigenvalue weighted by molar-refractivity contribution is -0.0534. The average molecular weight is 268 g/mol. The molecule has 0 aliphatic carbocycles. The van der Waals surface area contributed by atoms with Gasteiger partial charge in [-0.1, -0.05) is 26.0 Å². The Morgan fingerprint density at radius 1 is 1.00 bits per heavy atom. The van der Waals surface area contributed by atoms with Gasteiger partial charge in [-0.05, 0) is 17.7 Å². The third-order valence-electron chi connectivity index (χ3n) is 3.30. The molecule has 4 nitrogen and oxygen atoms in total. The minimum absolute atomic E-state index is 0.000369. The molecule has 1 aromatic carbocycles. The maximum atomic E-state index is 9.24. The monoisotopic (exact) mass is 268 g/mol. The fourth-order valence-electron chi connectivity index (χ4n) is 2.01. The Labute approximate surface area is 115 Å². The molecule has 0 radical (unpaired) electrons. The molecule has 1 rings (SSSR count). The Kier molecular flexibility index (Phi) is 6.84. The van der Waals surface area contributed by atoms with Gasteiger partial charge in [-0.15, -0.1) is 0 Å². The minimum Gasteiger partial charge on any atom is -0.497 e. The van der Waals surface area contributed by atoms with Crippen LogP contribution in [0.4, 0.5) is 0 Å². The number of benzene rings is 1. The molecule has 0 unspecified atom stereocenters. The highest BCUT2D eigenvalue weighted by Crippen LogP contribution is 2.19. The molecule has 1 aromatic rings. The smallest absolute Gasteiger partial charge is 0.118 e. The van der Waals surface area contributed by atoms with Crippen LogP contribution in [0.3, 0.4) is 0 Å². The van der Waals surface area contributed by atoms with E-state index in [9.17, 15) is 10.2 Å². The number of hydrogen-bond acceptors (Lipinski definition) is 4. The molecule has 0 saturated heterocycles. The van der Waals surface area contributed by atoms with Crippen molar-refractivity contribution in [1.82, 2.24) is 0 Å². The lowest BCUT2D eigenvalue weighted by Crippen LogP contribution is -2.33. The van der Waals surface area contributed by atoms with Crippen molar-refractivity contribution in [2.24, 2.45) is 11.8 Å². The summed E-state index contributed by atoms with van der Waals surface area (Å²) in [6.45, 7) is 4.41. The van der Waals surface area contributed by atoms with E-state index in [1.54, 1.807) is 7.11 Å². The van der Waals surface area contributed by atoms with E-state index in [4.69, 9.17) is 9.47 Å². The van der Waals surface area contributed by atoms with Crippen molar-refractivity contribution in [3.8, 4) is 5.75 Å². The zero-order chi connectivity index (χ0) is 14.3. The van der Waals surface area contributed by atoms with E-state index in [0.29, 0.717) is 6.61 Å². The third-order valence-corrected chi connectivity index (χ3v) is 3.30. The third kappa shape index (κ3) is 4.82. The van der Waals surface area contributed by atoms with Crippen LogP contribution >= 0.6 is 0 Å². The highest BCUT2D eigenvalue weighted by molar-refractivity contribution is 5.26. The molecule has 0 saturated carbocycles. The van der Waals surface area contributed by atoms with Gasteiger partial charge in [-0.2, -0.15) is 0 Å². The van der Waals surface area contributed by atoms with E-state index >= 15 is 0 Å². The van der Waals surface area contributed by atoms with Gasteiger partial charge in [0.25, 0.3) is 0 Å². The van der Waals surface area contributed by atoms with Gasteiger partial charge in [0.2, 0.25) is 0 Å². The largest absolute Gasteiger partial charge is 0.497 e. The number of aliphatic hydroxyl groups is 2. The second-order valence-electron chi connectivity index (χ2n) is 4.94. The highest BCUT2D eigenvalue weighted by Gasteiger charge is 2.23. The van der Waals surface area contributed by atoms with Crippen LogP contribution in [0.1, 0.15) is 19.4 Å². The highest BCUT2D eigenvalue weighted by atomic mass is 16.5. The van der Waals surface area contributed by atoms with Crippen LogP contribution in [0, 0.1) is 11.8 Å². The summed E-state index contributed by atoms with van der Waals surface area (Å²) in [5.41, 5.74) is 1.04. The Bertz CT molecular complexity index is 340. The maximum absolute atomic E-state index is 9.24. The first-order chi connectivity index (χ1) is 9.12. The predicted molar refractivity (Wildman–Crippen MR) is 74.1 cm³/mol. The quantitative estimate of drug-likeness (QED) is 0.755. The van der Waals surface area contributed by atoms with Crippen LogP contribution in [0.2, 0.25) is 0 Å². The summed E-state index contributed by atoms with van der Waals surface area (Å²) in [4.78, 5) is 0. The average Bonchev–Trinajstić information content (AvgIpc) is 2.47. The van der Waals surface area contributed by atoms with E-state index in [-0.39, 0.29) is 31.2 Å². The summed E-state index contributed by atoms with van der Waals surface area (Å²) in [5, 5.41) is 18.5. The van der Waals surface area contributed by atoms with Crippen LogP contribution in [0.5, 0.6) is 5.75 Å². The molecule has 0 spiro atoms. The standard InChI is InChI=1S/C15H24O4/c1-11(8-16)15(12(2)9-17)19-10-13-4-6-14(18-3)7-5-13/h4-7,11-12,15-17H,8-10H2,1-3H3/t11-,12-/m0/s1. The molecule has 0 amide bonds. The Morgan fingerprint density at radius 2 is 1.53 bits per heavy atom. The molecule has 0 aliphatic heterocycles. The van der Waals surface area contributed by atoms with Crippen molar-refractivity contribution >= 4 is 0 Å². The number of aliphatic hydroxyl groups excluding tert-OH is 2. The van der Waals surface area contributed by atoms with Gasteiger partial charge < -0.3 is 19.7 Å². The van der Waals surface area contributed by atoms with E-state index in [2.05, 4.69) is 0 Å². The fraction of sp³-hybridized carbons (Fsp3) is 0.600. The zero-order valence-electron chi connectivity index (χ0n) is 11.9. The van der Waals surface area contributed by atoms with Gasteiger partial charge in [0, 0.05) is 25.0 Å². The van der Waals surface area contributed by atoms with Crippen molar-refractivity contribution in [2.75, 3.05) is 20.3 Å². The summed E-state index contributed by atoms with van der Waals surface area (Å²) in [6.07, 6.45) is -0.155. The van der Waals surface area contributed by atoms with E-state index < -0.39 is 0 Å². The van der Waals surface area contributed by atoms with E-state index in [0.717, 1.165) is 11.3 Å². The van der Waals surface area contributed by atoms with E-state index in [1.807, 2.05) is 38.1 Å². The molecule has 0 aromatic heterocycles. The summed E-state index contributed by atoms with van der Waals surface area (Å²) in [6, 6.07) is 7.67. The molecule has 2 atom stereocenters. The van der Waals surface area contributed by atoms with Gasteiger partial charge in [0.1, 0.15) is 5.75 Å². The first-order valence-corrected chi connectivity index (χ1v) is 6.58. The summed E-state index contributed by atoms with van der Waals surface area (Å²) in [7, 11) is 1.63. The van der Waals surface area contributed by atoms with Crippen LogP contribution in [-0.4, -0.2) is 36.6 Å². The van der Waals surface area contributed by atoms with Gasteiger partial charge in [-0.25, -0.2) is 0 Å². The molecule has 0 aliphatic rings. The molecule has 4 heteroatoms. The van der Waals surface area contributed by atoms with Gasteiger partial charge in [-0.3, -0.25) is 0 Å². The van der Waals surface area contributed by atoms with Crippen LogP contribution < -0.4 is 4.74 Å². The van der Waals surface area contributed by atoms with Gasteiger partial charge in [0.05, 0.1) is 19.8 Å². The maximum Gasteiger partial charge on any atom is 0.118 e. The molecular weight excluding hydrogens is 244 g/mol. The second-order valence-corrected chi connectivity index (χ2v) is 4.94. The first kappa shape index (κ1) is 16.0. The molecule has 2 N–H and O–H groups in total. The van der Waals surface area contributed by atoms with E-state index in [1.165, 1.54) is 0 Å². The zero-order valence-corrected chi connectivity index (χ0v) is 11.9. The Hall–Kier alpha value is -1.10. The molecule has 19 heavy (non-hydrogen) atoms. The summed E-state index contributed by atoms with van der Waals surface area (Å²) in [5.74, 6) is 0.813. The lowest BCUT2D eigenvalue weighted by atomic mass is 9.94. The van der Waals surface area contributed by atoms with Gasteiger partial charge >= 0.3 is 0 Å². The molecule has 0 bridgehead atoms. The number of methoxy groups -OCH3 is 1. The normalized spacial score (nSPS) is 14.4. The SMILES string of the molecule is COc1ccc(COC([C@@H](C)CO)[C@@H](C)CO)cc1. The number of rotatable bonds is 8.